The van der Waals surface area contributed by atoms with Gasteiger partial charge in [0.25, 0.3) is 5.06 Å². The highest BCUT2D eigenvalue weighted by molar-refractivity contribution is 6.34. The molecule has 1 saturated carbocycles. The van der Waals surface area contributed by atoms with Gasteiger partial charge in [0.05, 0.1) is 12.2 Å². The van der Waals surface area contributed by atoms with Crippen LogP contribution in [0.3, 0.4) is 0 Å². The molecule has 3 rings (SSSR count). The van der Waals surface area contributed by atoms with Gasteiger partial charge in [0.15, 0.2) is 18.2 Å². The Morgan fingerprint density at radius 3 is 2.59 bits per heavy atom. The van der Waals surface area contributed by atoms with Crippen LogP contribution >= 0.6 is 23.2 Å². The number of carbonyl (C=O) groups excluding carboxylic acids is 1. The van der Waals surface area contributed by atoms with Crippen LogP contribution in [0.4, 0.5) is 0 Å². The first-order valence-electron chi connectivity index (χ1n) is 8.67. The summed E-state index contributed by atoms with van der Waals surface area (Å²) in [5.41, 5.74) is -1.33. The lowest BCUT2D eigenvalue weighted by atomic mass is 9.92. The van der Waals surface area contributed by atoms with Gasteiger partial charge in [-0.15, -0.1) is 0 Å². The average Bonchev–Trinajstić information content (AvgIpc) is 3.06. The Balaban J connectivity index is 2.13. The lowest BCUT2D eigenvalue weighted by molar-refractivity contribution is -0.807. The normalized spacial score (nSPS) is 33.5. The number of aliphatic hydroxyl groups excluding tert-OH is 2. The first-order chi connectivity index (χ1) is 12.9. The number of halogens is 2. The smallest absolute Gasteiger partial charge is 0.357 e. The Morgan fingerprint density at radius 2 is 2.04 bits per heavy atom. The fourth-order valence-electron chi connectivity index (χ4n) is 3.62. The van der Waals surface area contributed by atoms with Crippen molar-refractivity contribution in [2.24, 2.45) is 0 Å². The van der Waals surface area contributed by atoms with E-state index in [2.05, 4.69) is 0 Å². The summed E-state index contributed by atoms with van der Waals surface area (Å²) in [5, 5.41) is 17.6. The standard InChI is InChI=1S/C19H22Cl2NO5/c1-26-19(22-7-3-2-4-8-22)17(20)9-13(16(25)12-23)11-18(19,21)27-15-6-5-14(24)10-15/h2-4,7-9,11,14-15,23-24H,5-6,10,12H2,1H3/q+1/t14-,15-,18?,19?/m1/s1. The Kier molecular flexibility index (Phi) is 6.05. The number of ether oxygens (including phenoxy) is 2. The molecule has 0 bridgehead atoms. The van der Waals surface area contributed by atoms with Crippen LogP contribution in [0.15, 0.2) is 53.4 Å². The monoisotopic (exact) mass is 414 g/mol. The average molecular weight is 415 g/mol. The second kappa shape index (κ2) is 7.99. The number of aromatic nitrogens is 1. The topological polar surface area (TPSA) is 79.9 Å². The summed E-state index contributed by atoms with van der Waals surface area (Å²) in [6.07, 6.45) is 7.16. The quantitative estimate of drug-likeness (QED) is 0.547. The molecule has 2 aliphatic carbocycles. The molecule has 0 amide bonds. The van der Waals surface area contributed by atoms with Crippen molar-refractivity contribution < 1.29 is 29.0 Å². The summed E-state index contributed by atoms with van der Waals surface area (Å²) in [5.74, 6) is -0.531. The van der Waals surface area contributed by atoms with Gasteiger partial charge in [0, 0.05) is 24.8 Å². The molecule has 1 fully saturated rings. The van der Waals surface area contributed by atoms with E-state index in [9.17, 15) is 15.0 Å². The number of allylic oxidation sites excluding steroid dienone is 1. The van der Waals surface area contributed by atoms with Crippen LogP contribution in [0, 0.1) is 0 Å². The van der Waals surface area contributed by atoms with Gasteiger partial charge in [-0.2, -0.15) is 4.57 Å². The van der Waals surface area contributed by atoms with Gasteiger partial charge >= 0.3 is 5.72 Å². The summed E-state index contributed by atoms with van der Waals surface area (Å²) in [6.45, 7) is -0.680. The molecule has 0 aliphatic heterocycles. The van der Waals surface area contributed by atoms with Crippen molar-refractivity contribution >= 4 is 29.0 Å². The summed E-state index contributed by atoms with van der Waals surface area (Å²) in [4.78, 5) is 12.1. The summed E-state index contributed by atoms with van der Waals surface area (Å²) in [7, 11) is 1.45. The number of aliphatic hydroxyl groups is 2. The SMILES string of the molecule is COC1([n+]2ccccc2)C(Cl)=CC(C(=O)CO)=CC1(Cl)O[C@@H]1CC[C@@H](O)C1. The van der Waals surface area contributed by atoms with Gasteiger partial charge in [-0.05, 0) is 31.4 Å². The van der Waals surface area contributed by atoms with Crippen molar-refractivity contribution in [1.82, 2.24) is 0 Å². The van der Waals surface area contributed by atoms with Crippen molar-refractivity contribution in [2.75, 3.05) is 13.7 Å². The molecular formula is C19H22Cl2NO5+. The van der Waals surface area contributed by atoms with Crippen LogP contribution < -0.4 is 4.57 Å². The zero-order valence-corrected chi connectivity index (χ0v) is 16.4. The number of carbonyl (C=O) groups is 1. The van der Waals surface area contributed by atoms with E-state index in [0.29, 0.717) is 19.3 Å². The molecule has 0 aromatic carbocycles. The van der Waals surface area contributed by atoms with E-state index in [1.54, 1.807) is 29.1 Å². The molecule has 0 spiro atoms. The summed E-state index contributed by atoms with van der Waals surface area (Å²) >= 11 is 13.6. The molecule has 1 heterocycles. The molecule has 2 aliphatic rings. The third-order valence-corrected chi connectivity index (χ3v) is 5.76. The van der Waals surface area contributed by atoms with E-state index in [0.717, 1.165) is 0 Å². The number of alkyl halides is 1. The lowest BCUT2D eigenvalue weighted by Gasteiger charge is -2.41. The minimum Gasteiger partial charge on any atom is -0.393 e. The van der Waals surface area contributed by atoms with Crippen molar-refractivity contribution in [3.63, 3.8) is 0 Å². The van der Waals surface area contributed by atoms with E-state index in [4.69, 9.17) is 32.7 Å². The van der Waals surface area contributed by atoms with Crippen molar-refractivity contribution in [2.45, 2.75) is 42.3 Å². The largest absolute Gasteiger partial charge is 0.393 e. The number of methoxy groups -OCH3 is 1. The highest BCUT2D eigenvalue weighted by Crippen LogP contribution is 2.48. The van der Waals surface area contributed by atoms with Crippen LogP contribution in [-0.4, -0.2) is 47.0 Å². The zero-order valence-electron chi connectivity index (χ0n) is 14.8. The molecule has 0 saturated heterocycles. The third kappa shape index (κ3) is 3.58. The fraction of sp³-hybridized carbons (Fsp3) is 0.474. The Bertz CT molecular complexity index is 769. The van der Waals surface area contributed by atoms with Crippen LogP contribution in [-0.2, 0) is 20.0 Å². The molecule has 1 aromatic rings. The maximum absolute atomic E-state index is 12.1. The highest BCUT2D eigenvalue weighted by Gasteiger charge is 2.65. The van der Waals surface area contributed by atoms with Crippen molar-refractivity contribution in [1.29, 1.82) is 0 Å². The lowest BCUT2D eigenvalue weighted by Crippen LogP contribution is -2.69. The number of hydrogen-bond acceptors (Lipinski definition) is 5. The third-order valence-electron chi connectivity index (χ3n) is 4.94. The van der Waals surface area contributed by atoms with Crippen LogP contribution in [0.1, 0.15) is 19.3 Å². The van der Waals surface area contributed by atoms with E-state index in [1.165, 1.54) is 19.3 Å². The molecule has 2 N–H and O–H groups in total. The first kappa shape index (κ1) is 20.5. The number of ketones is 1. The van der Waals surface area contributed by atoms with Gasteiger partial charge in [-0.3, -0.25) is 4.79 Å². The summed E-state index contributed by atoms with van der Waals surface area (Å²) in [6, 6.07) is 5.42. The number of rotatable bonds is 6. The van der Waals surface area contributed by atoms with Gasteiger partial charge in [-0.1, -0.05) is 29.3 Å². The molecule has 146 valence electrons. The number of Topliss-reactive ketones (excluding diaryl/α,β-unsaturated/α-hetero) is 1. The maximum atomic E-state index is 12.1. The van der Waals surface area contributed by atoms with Gasteiger partial charge in [0.1, 0.15) is 11.6 Å². The van der Waals surface area contributed by atoms with Crippen LogP contribution in [0.25, 0.3) is 0 Å². The zero-order chi connectivity index (χ0) is 19.7. The predicted molar refractivity (Wildman–Crippen MR) is 99.0 cm³/mol. The van der Waals surface area contributed by atoms with E-state index in [1.807, 2.05) is 6.07 Å². The molecule has 6 nitrogen and oxygen atoms in total. The van der Waals surface area contributed by atoms with Crippen LogP contribution in [0.5, 0.6) is 0 Å². The Morgan fingerprint density at radius 1 is 1.33 bits per heavy atom. The number of pyridine rings is 1. The number of hydrogen-bond donors (Lipinski definition) is 2. The predicted octanol–water partition coefficient (Wildman–Crippen LogP) is 1.76. The Labute approximate surface area is 167 Å². The minimum atomic E-state index is -1.67. The molecule has 8 heteroatoms. The van der Waals surface area contributed by atoms with Gasteiger partial charge in [0.2, 0.25) is 0 Å². The molecule has 1 aromatic heterocycles. The van der Waals surface area contributed by atoms with Crippen LogP contribution in [0.2, 0.25) is 0 Å². The number of nitrogens with zero attached hydrogens (tertiary/aromatic N) is 1. The molecule has 4 atom stereocenters. The van der Waals surface area contributed by atoms with Crippen molar-refractivity contribution in [3.05, 3.63) is 53.4 Å². The summed E-state index contributed by atoms with van der Waals surface area (Å²) < 4.78 is 13.7. The second-order valence-corrected chi connectivity index (χ2v) is 7.62. The molecule has 0 radical (unpaired) electrons. The highest BCUT2D eigenvalue weighted by atomic mass is 35.5. The molecule has 27 heavy (non-hydrogen) atoms. The minimum absolute atomic E-state index is 0.133. The Hall–Kier alpha value is -1.28. The van der Waals surface area contributed by atoms with Gasteiger partial charge < -0.3 is 19.7 Å². The molecular weight excluding hydrogens is 393 g/mol. The first-order valence-corrected chi connectivity index (χ1v) is 9.43. The van der Waals surface area contributed by atoms with E-state index >= 15 is 0 Å². The van der Waals surface area contributed by atoms with E-state index < -0.39 is 29.3 Å². The second-order valence-electron chi connectivity index (χ2n) is 6.66. The van der Waals surface area contributed by atoms with E-state index in [-0.39, 0.29) is 16.7 Å². The van der Waals surface area contributed by atoms with Gasteiger partial charge in [-0.25, -0.2) is 0 Å². The van der Waals surface area contributed by atoms with Crippen molar-refractivity contribution in [3.8, 4) is 0 Å². The fourth-order valence-corrected chi connectivity index (χ4v) is 4.62. The maximum Gasteiger partial charge on any atom is 0.357 e. The molecule has 2 unspecified atom stereocenters.